The molecule has 0 aliphatic carbocycles. The monoisotopic (exact) mass is 296 g/mol. The Bertz CT molecular complexity index is 614. The molecule has 21 heavy (non-hydrogen) atoms. The predicted molar refractivity (Wildman–Crippen MR) is 77.9 cm³/mol. The number of rotatable bonds is 5. The zero-order valence-corrected chi connectivity index (χ0v) is 12.0. The highest BCUT2D eigenvalue weighted by atomic mass is 16.5. The van der Waals surface area contributed by atoms with Gasteiger partial charge in [0.1, 0.15) is 5.56 Å². The zero-order valence-electron chi connectivity index (χ0n) is 12.0. The summed E-state index contributed by atoms with van der Waals surface area (Å²) in [7, 11) is 0. The van der Waals surface area contributed by atoms with Gasteiger partial charge in [-0.1, -0.05) is 13.3 Å². The van der Waals surface area contributed by atoms with E-state index in [2.05, 4.69) is 10.1 Å². The molecule has 0 saturated carbocycles. The highest BCUT2D eigenvalue weighted by Crippen LogP contribution is 2.09. The van der Waals surface area contributed by atoms with Crippen molar-refractivity contribution in [2.45, 2.75) is 26.3 Å². The third-order valence-corrected chi connectivity index (χ3v) is 3.28. The van der Waals surface area contributed by atoms with Gasteiger partial charge in [-0.3, -0.25) is 19.4 Å². The summed E-state index contributed by atoms with van der Waals surface area (Å²) in [6.45, 7) is 4.76. The van der Waals surface area contributed by atoms with Gasteiger partial charge in [0.05, 0.1) is 32.5 Å². The fourth-order valence-electron chi connectivity index (χ4n) is 2.02. The Hall–Kier alpha value is -2.09. The maximum atomic E-state index is 11.8. The van der Waals surface area contributed by atoms with E-state index in [-0.39, 0.29) is 11.4 Å². The molecular weight excluding hydrogens is 276 g/mol. The van der Waals surface area contributed by atoms with E-state index in [1.165, 1.54) is 6.21 Å². The van der Waals surface area contributed by atoms with Gasteiger partial charge >= 0.3 is 5.69 Å². The average molecular weight is 296 g/mol. The Morgan fingerprint density at radius 1 is 1.38 bits per heavy atom. The molecule has 2 N–H and O–H groups in total. The summed E-state index contributed by atoms with van der Waals surface area (Å²) in [5.41, 5.74) is -1.24. The van der Waals surface area contributed by atoms with Crippen LogP contribution in [0.15, 0.2) is 14.7 Å². The molecule has 1 saturated heterocycles. The number of hydrogen-bond donors (Lipinski definition) is 2. The van der Waals surface area contributed by atoms with Crippen molar-refractivity contribution in [1.82, 2.24) is 14.6 Å². The second kappa shape index (κ2) is 7.07. The molecule has 1 aromatic heterocycles. The van der Waals surface area contributed by atoms with Gasteiger partial charge in [-0.25, -0.2) is 4.79 Å². The van der Waals surface area contributed by atoms with Gasteiger partial charge in [-0.15, -0.1) is 0 Å². The van der Waals surface area contributed by atoms with E-state index in [1.807, 2.05) is 6.92 Å². The van der Waals surface area contributed by atoms with Crippen molar-refractivity contribution >= 4 is 6.21 Å². The number of nitrogens with zero attached hydrogens (tertiary/aromatic N) is 3. The third kappa shape index (κ3) is 3.72. The normalized spacial score (nSPS) is 15.8. The number of morpholine rings is 1. The Balaban J connectivity index is 2.27. The lowest BCUT2D eigenvalue weighted by atomic mass is 10.3. The lowest BCUT2D eigenvalue weighted by Gasteiger charge is -2.23. The second-order valence-corrected chi connectivity index (χ2v) is 4.81. The van der Waals surface area contributed by atoms with Crippen molar-refractivity contribution in [2.24, 2.45) is 5.10 Å². The van der Waals surface area contributed by atoms with Crippen LogP contribution in [-0.2, 0) is 11.3 Å². The zero-order chi connectivity index (χ0) is 15.2. The number of aromatic nitrogens is 2. The second-order valence-electron chi connectivity index (χ2n) is 4.81. The number of hydrazone groups is 1. The lowest BCUT2D eigenvalue weighted by molar-refractivity contribution is 0.0396. The molecule has 0 radical (unpaired) electrons. The summed E-state index contributed by atoms with van der Waals surface area (Å²) >= 11 is 0. The summed E-state index contributed by atoms with van der Waals surface area (Å²) in [4.78, 5) is 25.7. The average Bonchev–Trinajstić information content (AvgIpc) is 2.47. The molecule has 116 valence electrons. The van der Waals surface area contributed by atoms with Crippen LogP contribution in [0.1, 0.15) is 25.3 Å². The van der Waals surface area contributed by atoms with E-state index in [0.717, 1.165) is 17.4 Å². The fraction of sp³-hybridized carbons (Fsp3) is 0.615. The first-order chi connectivity index (χ1) is 10.1. The van der Waals surface area contributed by atoms with Crippen LogP contribution in [-0.4, -0.2) is 52.2 Å². The van der Waals surface area contributed by atoms with Crippen LogP contribution >= 0.6 is 0 Å². The van der Waals surface area contributed by atoms with Gasteiger partial charge in [-0.2, -0.15) is 5.10 Å². The molecule has 8 heteroatoms. The van der Waals surface area contributed by atoms with Crippen LogP contribution in [0.4, 0.5) is 0 Å². The maximum Gasteiger partial charge on any atom is 0.331 e. The Kier molecular flexibility index (Phi) is 5.15. The first-order valence-electron chi connectivity index (χ1n) is 7.06. The Morgan fingerprint density at radius 2 is 2.10 bits per heavy atom. The minimum atomic E-state index is -0.637. The molecule has 0 unspecified atom stereocenters. The molecule has 8 nitrogen and oxygen atoms in total. The highest BCUT2D eigenvalue weighted by molar-refractivity contribution is 5.81. The molecule has 1 aromatic rings. The molecular formula is C13H20N4O4. The van der Waals surface area contributed by atoms with Crippen molar-refractivity contribution in [1.29, 1.82) is 0 Å². The van der Waals surface area contributed by atoms with Crippen LogP contribution in [0.3, 0.4) is 0 Å². The largest absolute Gasteiger partial charge is 0.494 e. The number of hydrogen-bond acceptors (Lipinski definition) is 6. The third-order valence-electron chi connectivity index (χ3n) is 3.28. The van der Waals surface area contributed by atoms with E-state index >= 15 is 0 Å². The van der Waals surface area contributed by atoms with E-state index in [4.69, 9.17) is 4.74 Å². The molecule has 0 atom stereocenters. The number of ether oxygens (including phenoxy) is 1. The van der Waals surface area contributed by atoms with E-state index in [9.17, 15) is 14.7 Å². The molecule has 0 aromatic carbocycles. The quantitative estimate of drug-likeness (QED) is 0.727. The molecule has 1 aliphatic rings. The smallest absolute Gasteiger partial charge is 0.331 e. The summed E-state index contributed by atoms with van der Waals surface area (Å²) in [6, 6.07) is 0. The molecule has 1 fully saturated rings. The fourth-order valence-corrected chi connectivity index (χ4v) is 2.02. The molecule has 0 bridgehead atoms. The number of unbranched alkanes of at least 4 members (excludes halogenated alkanes) is 1. The molecule has 0 spiro atoms. The van der Waals surface area contributed by atoms with Crippen molar-refractivity contribution in [3.05, 3.63) is 26.4 Å². The number of nitrogens with one attached hydrogen (secondary N) is 1. The Morgan fingerprint density at radius 3 is 2.76 bits per heavy atom. The molecule has 1 aliphatic heterocycles. The molecule has 2 rings (SSSR count). The molecule has 0 amide bonds. The maximum absolute atomic E-state index is 11.8. The predicted octanol–water partition coefficient (Wildman–Crippen LogP) is -0.292. The molecule has 2 heterocycles. The SMILES string of the molecule is CCCCn1c(O)c(C=NN2CCOCC2)c(=O)[nH]c1=O. The summed E-state index contributed by atoms with van der Waals surface area (Å²) in [5.74, 6) is -0.339. The van der Waals surface area contributed by atoms with E-state index < -0.39 is 11.2 Å². The summed E-state index contributed by atoms with van der Waals surface area (Å²) in [6.07, 6.45) is 2.91. The van der Waals surface area contributed by atoms with Crippen LogP contribution in [0.25, 0.3) is 0 Å². The van der Waals surface area contributed by atoms with Gasteiger partial charge in [0.2, 0.25) is 5.88 Å². The summed E-state index contributed by atoms with van der Waals surface area (Å²) in [5, 5.41) is 16.0. The van der Waals surface area contributed by atoms with Crippen LogP contribution in [0, 0.1) is 0 Å². The lowest BCUT2D eigenvalue weighted by Crippen LogP contribution is -2.34. The summed E-state index contributed by atoms with van der Waals surface area (Å²) < 4.78 is 6.36. The van der Waals surface area contributed by atoms with Crippen molar-refractivity contribution < 1.29 is 9.84 Å². The van der Waals surface area contributed by atoms with Gasteiger partial charge < -0.3 is 9.84 Å². The van der Waals surface area contributed by atoms with Crippen LogP contribution in [0.2, 0.25) is 0 Å². The van der Waals surface area contributed by atoms with Crippen molar-refractivity contribution in [2.75, 3.05) is 26.3 Å². The van der Waals surface area contributed by atoms with Gasteiger partial charge in [0, 0.05) is 6.54 Å². The standard InChI is InChI=1S/C13H20N4O4/c1-2-3-4-17-12(19)10(11(18)15-13(17)20)9-14-16-5-7-21-8-6-16/h9,19H,2-8H2,1H3,(H,15,18,20). The topological polar surface area (TPSA) is 99.9 Å². The van der Waals surface area contributed by atoms with Crippen molar-refractivity contribution in [3.63, 3.8) is 0 Å². The van der Waals surface area contributed by atoms with Crippen LogP contribution < -0.4 is 11.2 Å². The van der Waals surface area contributed by atoms with E-state index in [0.29, 0.717) is 32.8 Å². The number of aromatic hydroxyl groups is 1. The van der Waals surface area contributed by atoms with Gasteiger partial charge in [-0.05, 0) is 6.42 Å². The van der Waals surface area contributed by atoms with Crippen LogP contribution in [0.5, 0.6) is 5.88 Å². The highest BCUT2D eigenvalue weighted by Gasteiger charge is 2.13. The minimum absolute atomic E-state index is 0.00260. The van der Waals surface area contributed by atoms with E-state index in [1.54, 1.807) is 5.01 Å². The first kappa shape index (κ1) is 15.3. The minimum Gasteiger partial charge on any atom is -0.494 e. The number of H-pyrrole nitrogens is 1. The van der Waals surface area contributed by atoms with Crippen molar-refractivity contribution in [3.8, 4) is 5.88 Å². The first-order valence-corrected chi connectivity index (χ1v) is 7.06. The number of aromatic amines is 1. The van der Waals surface area contributed by atoms with Gasteiger partial charge in [0.25, 0.3) is 5.56 Å². The Labute approximate surface area is 121 Å². The van der Waals surface area contributed by atoms with Gasteiger partial charge in [0.15, 0.2) is 0 Å².